The van der Waals surface area contributed by atoms with Crippen molar-refractivity contribution in [2.75, 3.05) is 36.5 Å². The number of carbonyl (C=O) groups excluding carboxylic acids is 1. The molecule has 2 aromatic carbocycles. The van der Waals surface area contributed by atoms with Crippen LogP contribution in [0.25, 0.3) is 0 Å². The Balaban J connectivity index is 1.65. The highest BCUT2D eigenvalue weighted by Gasteiger charge is 2.35. The number of nitrogens with one attached hydrogen (secondary N) is 1. The number of ether oxygens (including phenoxy) is 1. The molecule has 2 aromatic rings. The number of hydrogen-bond acceptors (Lipinski definition) is 4. The largest absolute Gasteiger partial charge is 0.376 e. The van der Waals surface area contributed by atoms with Crippen LogP contribution in [0.3, 0.4) is 0 Å². The summed E-state index contributed by atoms with van der Waals surface area (Å²) in [6.07, 6.45) is 2.02. The van der Waals surface area contributed by atoms with Crippen molar-refractivity contribution in [1.29, 1.82) is 0 Å². The molecule has 148 valence electrons. The van der Waals surface area contributed by atoms with Gasteiger partial charge in [0.2, 0.25) is 0 Å². The van der Waals surface area contributed by atoms with E-state index >= 15 is 0 Å². The second-order valence-corrected chi connectivity index (χ2v) is 7.45. The molecule has 1 saturated heterocycles. The van der Waals surface area contributed by atoms with Gasteiger partial charge in [0.25, 0.3) is 5.91 Å². The Labute approximate surface area is 167 Å². The summed E-state index contributed by atoms with van der Waals surface area (Å²) >= 11 is 0. The highest BCUT2D eigenvalue weighted by atomic mass is 16.5. The van der Waals surface area contributed by atoms with Gasteiger partial charge in [0.15, 0.2) is 0 Å². The maximum atomic E-state index is 13.3. The fourth-order valence-corrected chi connectivity index (χ4v) is 4.21. The maximum Gasteiger partial charge on any atom is 0.257 e. The Morgan fingerprint density at radius 3 is 2.54 bits per heavy atom. The number of nitrogens with zero attached hydrogens (tertiary/aromatic N) is 2. The number of rotatable bonds is 6. The molecule has 0 aromatic heterocycles. The van der Waals surface area contributed by atoms with E-state index in [-0.39, 0.29) is 18.2 Å². The van der Waals surface area contributed by atoms with Gasteiger partial charge in [0.05, 0.1) is 11.7 Å². The second-order valence-electron chi connectivity index (χ2n) is 7.45. The summed E-state index contributed by atoms with van der Waals surface area (Å²) in [5.74, 6) is 0.0719. The summed E-state index contributed by atoms with van der Waals surface area (Å²) in [4.78, 5) is 17.5. The third-order valence-electron chi connectivity index (χ3n) is 5.78. The van der Waals surface area contributed by atoms with Crippen LogP contribution in [0.5, 0.6) is 0 Å². The fraction of sp³-hybridized carbons (Fsp3) is 0.435. The van der Waals surface area contributed by atoms with Crippen molar-refractivity contribution < 1.29 is 9.53 Å². The zero-order valence-electron chi connectivity index (χ0n) is 16.7. The summed E-state index contributed by atoms with van der Waals surface area (Å²) in [6.45, 7) is 7.70. The minimum absolute atomic E-state index is 0.0719. The summed E-state index contributed by atoms with van der Waals surface area (Å²) in [5, 5.41) is 3.58. The number of carbonyl (C=O) groups is 1. The van der Waals surface area contributed by atoms with Crippen LogP contribution in [0.2, 0.25) is 0 Å². The molecule has 2 aliphatic rings. The molecule has 2 aliphatic heterocycles. The first kappa shape index (κ1) is 18.8. The minimum Gasteiger partial charge on any atom is -0.376 e. The number of anilines is 2. The van der Waals surface area contributed by atoms with E-state index in [1.54, 1.807) is 0 Å². The quantitative estimate of drug-likeness (QED) is 0.814. The lowest BCUT2D eigenvalue weighted by Gasteiger charge is -2.39. The summed E-state index contributed by atoms with van der Waals surface area (Å²) in [6, 6.07) is 16.3. The lowest BCUT2D eigenvalue weighted by Crippen LogP contribution is -2.46. The Hall–Kier alpha value is -2.53. The average molecular weight is 380 g/mol. The van der Waals surface area contributed by atoms with Gasteiger partial charge < -0.3 is 19.9 Å². The fourth-order valence-electron chi connectivity index (χ4n) is 4.21. The molecule has 5 heteroatoms. The smallest absolute Gasteiger partial charge is 0.257 e. The van der Waals surface area contributed by atoms with Crippen molar-refractivity contribution in [3.05, 3.63) is 59.7 Å². The van der Waals surface area contributed by atoms with Gasteiger partial charge in [-0.2, -0.15) is 0 Å². The van der Waals surface area contributed by atoms with Crippen molar-refractivity contribution >= 4 is 17.3 Å². The van der Waals surface area contributed by atoms with Gasteiger partial charge in [-0.15, -0.1) is 0 Å². The van der Waals surface area contributed by atoms with E-state index in [1.807, 2.05) is 29.2 Å². The average Bonchev–Trinajstić information content (AvgIpc) is 3.25. The van der Waals surface area contributed by atoms with Crippen molar-refractivity contribution in [3.8, 4) is 0 Å². The number of benzene rings is 2. The van der Waals surface area contributed by atoms with E-state index in [9.17, 15) is 4.79 Å². The van der Waals surface area contributed by atoms with E-state index in [1.165, 1.54) is 5.69 Å². The van der Waals surface area contributed by atoms with E-state index in [2.05, 4.69) is 48.3 Å². The highest BCUT2D eigenvalue weighted by molar-refractivity contribution is 6.01. The third kappa shape index (κ3) is 3.59. The number of fused-ring (bicyclic) bond motifs is 1. The molecule has 0 saturated carbocycles. The monoisotopic (exact) mass is 379 g/mol. The normalized spacial score (nSPS) is 21.4. The van der Waals surface area contributed by atoms with Crippen molar-refractivity contribution in [2.24, 2.45) is 0 Å². The van der Waals surface area contributed by atoms with Crippen molar-refractivity contribution in [3.63, 3.8) is 0 Å². The van der Waals surface area contributed by atoms with E-state index in [4.69, 9.17) is 4.74 Å². The first-order chi connectivity index (χ1) is 13.7. The molecule has 0 radical (unpaired) electrons. The van der Waals surface area contributed by atoms with Crippen LogP contribution < -0.4 is 10.2 Å². The zero-order valence-corrected chi connectivity index (χ0v) is 16.7. The highest BCUT2D eigenvalue weighted by Crippen LogP contribution is 2.34. The number of para-hydroxylation sites is 1. The molecule has 28 heavy (non-hydrogen) atoms. The van der Waals surface area contributed by atoms with Crippen LogP contribution in [0.4, 0.5) is 11.4 Å². The Bertz CT molecular complexity index is 811. The summed E-state index contributed by atoms with van der Waals surface area (Å²) in [7, 11) is 0. The molecule has 1 amide bonds. The maximum absolute atomic E-state index is 13.3. The zero-order chi connectivity index (χ0) is 19.5. The molecular weight excluding hydrogens is 350 g/mol. The molecule has 0 bridgehead atoms. The van der Waals surface area contributed by atoms with Crippen LogP contribution >= 0.6 is 0 Å². The van der Waals surface area contributed by atoms with Gasteiger partial charge in [0.1, 0.15) is 6.17 Å². The standard InChI is InChI=1S/C23H29N3O2/c1-3-25(4-2)18-13-11-17(12-14-18)22-24-21-10-6-5-9-20(21)23(27)26(22)16-19-8-7-15-28-19/h5-6,9-14,19,22,24H,3-4,7-8,15-16H2,1-2H3/t19-,22-/m1/s1. The van der Waals surface area contributed by atoms with E-state index in [0.29, 0.717) is 6.54 Å². The molecule has 4 rings (SSSR count). The van der Waals surface area contributed by atoms with Gasteiger partial charge in [-0.3, -0.25) is 4.79 Å². The van der Waals surface area contributed by atoms with Gasteiger partial charge in [-0.25, -0.2) is 0 Å². The topological polar surface area (TPSA) is 44.8 Å². The van der Waals surface area contributed by atoms with Crippen LogP contribution in [-0.4, -0.2) is 43.2 Å². The van der Waals surface area contributed by atoms with Crippen LogP contribution in [0.1, 0.15) is 48.8 Å². The van der Waals surface area contributed by atoms with Gasteiger partial charge >= 0.3 is 0 Å². The molecule has 0 aliphatic carbocycles. The van der Waals surface area contributed by atoms with Crippen molar-refractivity contribution in [2.45, 2.75) is 39.0 Å². The van der Waals surface area contributed by atoms with E-state index in [0.717, 1.165) is 49.4 Å². The summed E-state index contributed by atoms with van der Waals surface area (Å²) in [5.41, 5.74) is 3.93. The van der Waals surface area contributed by atoms with Crippen LogP contribution in [-0.2, 0) is 4.74 Å². The molecule has 1 N–H and O–H groups in total. The molecule has 0 unspecified atom stereocenters. The van der Waals surface area contributed by atoms with Crippen LogP contribution in [0, 0.1) is 0 Å². The minimum atomic E-state index is -0.183. The molecule has 5 nitrogen and oxygen atoms in total. The van der Waals surface area contributed by atoms with E-state index < -0.39 is 0 Å². The van der Waals surface area contributed by atoms with Gasteiger partial charge in [-0.05, 0) is 56.5 Å². The lowest BCUT2D eigenvalue weighted by molar-refractivity contribution is 0.0427. The first-order valence-corrected chi connectivity index (χ1v) is 10.3. The van der Waals surface area contributed by atoms with Crippen molar-refractivity contribution in [1.82, 2.24) is 4.90 Å². The molecule has 0 spiro atoms. The third-order valence-corrected chi connectivity index (χ3v) is 5.78. The Morgan fingerprint density at radius 1 is 1.11 bits per heavy atom. The number of amides is 1. The second kappa shape index (κ2) is 8.23. The molecule has 1 fully saturated rings. The Kier molecular flexibility index (Phi) is 5.53. The lowest BCUT2D eigenvalue weighted by atomic mass is 10.0. The SMILES string of the molecule is CCN(CC)c1ccc([C@@H]2Nc3ccccc3C(=O)N2C[C@H]2CCCO2)cc1. The van der Waals surface area contributed by atoms with Gasteiger partial charge in [0, 0.05) is 37.6 Å². The molecule has 2 heterocycles. The Morgan fingerprint density at radius 2 is 1.86 bits per heavy atom. The summed E-state index contributed by atoms with van der Waals surface area (Å²) < 4.78 is 5.83. The predicted octanol–water partition coefficient (Wildman–Crippen LogP) is 4.28. The first-order valence-electron chi connectivity index (χ1n) is 10.3. The molecular formula is C23H29N3O2. The van der Waals surface area contributed by atoms with Gasteiger partial charge in [-0.1, -0.05) is 24.3 Å². The number of hydrogen-bond donors (Lipinski definition) is 1. The predicted molar refractivity (Wildman–Crippen MR) is 113 cm³/mol. The van der Waals surface area contributed by atoms with Crippen LogP contribution in [0.15, 0.2) is 48.5 Å². The molecule has 2 atom stereocenters.